The standard InChI is InChI=1S/C17H17NO2S2/c1-3-8-18-16(19)15(22-17(18)21)10-13-9-12-6-4-5-7-14(12)20-11(13)2/h4-7,9-11H,3,8H2,1-2H3/b15-10-/t11-/m1/s1. The van der Waals surface area contributed by atoms with E-state index in [1.807, 2.05) is 44.2 Å². The maximum Gasteiger partial charge on any atom is 0.266 e. The van der Waals surface area contributed by atoms with E-state index in [1.54, 1.807) is 4.90 Å². The van der Waals surface area contributed by atoms with E-state index < -0.39 is 0 Å². The van der Waals surface area contributed by atoms with E-state index in [1.165, 1.54) is 11.8 Å². The lowest BCUT2D eigenvalue weighted by Crippen LogP contribution is -2.28. The van der Waals surface area contributed by atoms with E-state index in [0.29, 0.717) is 15.8 Å². The fraction of sp³-hybridized carbons (Fsp3) is 0.294. The summed E-state index contributed by atoms with van der Waals surface area (Å²) in [7, 11) is 0. The number of carbonyl (C=O) groups is 1. The summed E-state index contributed by atoms with van der Waals surface area (Å²) in [5.74, 6) is 0.884. The molecule has 0 bridgehead atoms. The van der Waals surface area contributed by atoms with Gasteiger partial charge < -0.3 is 4.74 Å². The van der Waals surface area contributed by atoms with Gasteiger partial charge in [0.05, 0.1) is 4.91 Å². The van der Waals surface area contributed by atoms with Crippen molar-refractivity contribution in [3.05, 3.63) is 46.4 Å². The molecule has 0 aliphatic carbocycles. The second-order valence-corrected chi connectivity index (χ2v) is 6.95. The van der Waals surface area contributed by atoms with Crippen LogP contribution in [-0.4, -0.2) is 27.8 Å². The number of thioether (sulfide) groups is 1. The second-order valence-electron chi connectivity index (χ2n) is 5.28. The van der Waals surface area contributed by atoms with Gasteiger partial charge in [0.15, 0.2) is 0 Å². The molecule has 0 spiro atoms. The zero-order chi connectivity index (χ0) is 15.7. The molecule has 1 aromatic carbocycles. The molecule has 2 aliphatic heterocycles. The monoisotopic (exact) mass is 331 g/mol. The summed E-state index contributed by atoms with van der Waals surface area (Å²) >= 11 is 6.67. The van der Waals surface area contributed by atoms with Crippen molar-refractivity contribution >= 4 is 40.3 Å². The molecular weight excluding hydrogens is 314 g/mol. The Kier molecular flexibility index (Phi) is 4.36. The van der Waals surface area contributed by atoms with Crippen molar-refractivity contribution in [3.8, 4) is 5.75 Å². The second kappa shape index (κ2) is 6.26. The highest BCUT2D eigenvalue weighted by atomic mass is 32.2. The summed E-state index contributed by atoms with van der Waals surface area (Å²) in [5, 5.41) is 0. The zero-order valence-corrected chi connectivity index (χ0v) is 14.2. The molecule has 0 unspecified atom stereocenters. The first kappa shape index (κ1) is 15.3. The van der Waals surface area contributed by atoms with Crippen LogP contribution in [0, 0.1) is 0 Å². The Balaban J connectivity index is 1.91. The van der Waals surface area contributed by atoms with Crippen LogP contribution < -0.4 is 4.74 Å². The molecule has 1 saturated heterocycles. The third-order valence-corrected chi connectivity index (χ3v) is 5.01. The normalized spacial score (nSPS) is 22.6. The van der Waals surface area contributed by atoms with Crippen LogP contribution in [0.5, 0.6) is 5.75 Å². The Morgan fingerprint density at radius 3 is 2.95 bits per heavy atom. The third kappa shape index (κ3) is 2.83. The Morgan fingerprint density at radius 2 is 2.18 bits per heavy atom. The molecule has 3 nitrogen and oxygen atoms in total. The average molecular weight is 331 g/mol. The molecule has 0 saturated carbocycles. The van der Waals surface area contributed by atoms with Gasteiger partial charge in [0.1, 0.15) is 16.2 Å². The van der Waals surface area contributed by atoms with Crippen molar-refractivity contribution in [2.45, 2.75) is 26.4 Å². The van der Waals surface area contributed by atoms with Crippen LogP contribution in [0.2, 0.25) is 0 Å². The molecule has 1 amide bonds. The van der Waals surface area contributed by atoms with Gasteiger partial charge in [-0.25, -0.2) is 0 Å². The van der Waals surface area contributed by atoms with Gasteiger partial charge in [-0.05, 0) is 37.1 Å². The molecule has 0 radical (unpaired) electrons. The SMILES string of the molecule is CCCN1C(=O)/C(=C/C2=Cc3ccccc3O[C@@H]2C)SC1=S. The highest BCUT2D eigenvalue weighted by Gasteiger charge is 2.32. The molecule has 2 heterocycles. The number of nitrogens with zero attached hydrogens (tertiary/aromatic N) is 1. The van der Waals surface area contributed by atoms with E-state index in [-0.39, 0.29) is 12.0 Å². The van der Waals surface area contributed by atoms with Gasteiger partial charge in [0, 0.05) is 12.1 Å². The van der Waals surface area contributed by atoms with Crippen LogP contribution in [0.15, 0.2) is 40.8 Å². The lowest BCUT2D eigenvalue weighted by atomic mass is 10.0. The number of para-hydroxylation sites is 1. The smallest absolute Gasteiger partial charge is 0.266 e. The van der Waals surface area contributed by atoms with Crippen molar-refractivity contribution in [2.75, 3.05) is 6.54 Å². The molecule has 114 valence electrons. The highest BCUT2D eigenvalue weighted by Crippen LogP contribution is 2.35. The molecular formula is C17H17NO2S2. The molecule has 5 heteroatoms. The maximum absolute atomic E-state index is 12.4. The fourth-order valence-corrected chi connectivity index (χ4v) is 3.80. The first-order valence-corrected chi connectivity index (χ1v) is 8.55. The van der Waals surface area contributed by atoms with E-state index in [0.717, 1.165) is 23.3 Å². The Bertz CT molecular complexity index is 694. The lowest BCUT2D eigenvalue weighted by molar-refractivity contribution is -0.122. The number of rotatable bonds is 3. The van der Waals surface area contributed by atoms with Crippen LogP contribution in [-0.2, 0) is 4.79 Å². The summed E-state index contributed by atoms with van der Waals surface area (Å²) in [6.45, 7) is 4.71. The van der Waals surface area contributed by atoms with Crippen molar-refractivity contribution in [1.82, 2.24) is 4.90 Å². The number of hydrogen-bond donors (Lipinski definition) is 0. The predicted molar refractivity (Wildman–Crippen MR) is 94.8 cm³/mol. The van der Waals surface area contributed by atoms with E-state index in [4.69, 9.17) is 17.0 Å². The van der Waals surface area contributed by atoms with Gasteiger partial charge in [-0.2, -0.15) is 0 Å². The topological polar surface area (TPSA) is 29.5 Å². The summed E-state index contributed by atoms with van der Waals surface area (Å²) in [5.41, 5.74) is 2.03. The summed E-state index contributed by atoms with van der Waals surface area (Å²) in [6, 6.07) is 7.91. The quantitative estimate of drug-likeness (QED) is 0.618. The van der Waals surface area contributed by atoms with Crippen LogP contribution in [0.1, 0.15) is 25.8 Å². The summed E-state index contributed by atoms with van der Waals surface area (Å²) in [6.07, 6.45) is 4.81. The molecule has 22 heavy (non-hydrogen) atoms. The minimum absolute atomic E-state index is 0.00353. The van der Waals surface area contributed by atoms with Crippen molar-refractivity contribution in [1.29, 1.82) is 0 Å². The van der Waals surface area contributed by atoms with Gasteiger partial charge in [-0.3, -0.25) is 9.69 Å². The predicted octanol–water partition coefficient (Wildman–Crippen LogP) is 4.01. The molecule has 3 rings (SSSR count). The first-order valence-electron chi connectivity index (χ1n) is 7.32. The van der Waals surface area contributed by atoms with Gasteiger partial charge >= 0.3 is 0 Å². The van der Waals surface area contributed by atoms with E-state index in [9.17, 15) is 4.79 Å². The van der Waals surface area contributed by atoms with Gasteiger partial charge in [-0.1, -0.05) is 49.1 Å². The number of fused-ring (bicyclic) bond motifs is 1. The van der Waals surface area contributed by atoms with Crippen LogP contribution in [0.4, 0.5) is 0 Å². The zero-order valence-electron chi connectivity index (χ0n) is 12.5. The molecule has 0 N–H and O–H groups in total. The number of hydrogen-bond acceptors (Lipinski definition) is 4. The average Bonchev–Trinajstić information content (AvgIpc) is 2.76. The minimum atomic E-state index is -0.0791. The first-order chi connectivity index (χ1) is 10.6. The van der Waals surface area contributed by atoms with Crippen LogP contribution >= 0.6 is 24.0 Å². The number of benzene rings is 1. The molecule has 1 aromatic rings. The lowest BCUT2D eigenvalue weighted by Gasteiger charge is -2.23. The molecule has 1 atom stereocenters. The largest absolute Gasteiger partial charge is 0.485 e. The number of ether oxygens (including phenoxy) is 1. The van der Waals surface area contributed by atoms with Crippen molar-refractivity contribution in [2.24, 2.45) is 0 Å². The highest BCUT2D eigenvalue weighted by molar-refractivity contribution is 8.26. The molecule has 0 aromatic heterocycles. The van der Waals surface area contributed by atoms with Crippen LogP contribution in [0.25, 0.3) is 6.08 Å². The van der Waals surface area contributed by atoms with Gasteiger partial charge in [-0.15, -0.1) is 0 Å². The Hall–Kier alpha value is -1.59. The number of thiocarbonyl (C=S) groups is 1. The third-order valence-electron chi connectivity index (χ3n) is 3.63. The van der Waals surface area contributed by atoms with Gasteiger partial charge in [0.2, 0.25) is 0 Å². The summed E-state index contributed by atoms with van der Waals surface area (Å²) in [4.78, 5) is 14.8. The van der Waals surface area contributed by atoms with E-state index in [2.05, 4.69) is 6.08 Å². The molecule has 1 fully saturated rings. The fourth-order valence-electron chi connectivity index (χ4n) is 2.49. The minimum Gasteiger partial charge on any atom is -0.485 e. The molecule has 2 aliphatic rings. The Labute approximate surface area is 140 Å². The number of carbonyl (C=O) groups excluding carboxylic acids is 1. The van der Waals surface area contributed by atoms with E-state index >= 15 is 0 Å². The van der Waals surface area contributed by atoms with Crippen molar-refractivity contribution in [3.63, 3.8) is 0 Å². The summed E-state index contributed by atoms with van der Waals surface area (Å²) < 4.78 is 6.55. The maximum atomic E-state index is 12.4. The van der Waals surface area contributed by atoms with Gasteiger partial charge in [0.25, 0.3) is 5.91 Å². The van der Waals surface area contributed by atoms with Crippen LogP contribution in [0.3, 0.4) is 0 Å². The Morgan fingerprint density at radius 1 is 1.41 bits per heavy atom. The number of amides is 1. The van der Waals surface area contributed by atoms with Crippen molar-refractivity contribution < 1.29 is 9.53 Å².